The summed E-state index contributed by atoms with van der Waals surface area (Å²) in [6.45, 7) is 6.17. The molecule has 0 saturated heterocycles. The molecule has 0 aliphatic carbocycles. The van der Waals surface area contributed by atoms with Crippen LogP contribution in [0.25, 0.3) is 0 Å². The molecule has 35 heavy (non-hydrogen) atoms. The average molecular weight is 526 g/mol. The van der Waals surface area contributed by atoms with E-state index in [0.717, 1.165) is 16.1 Å². The SMILES string of the molecule is CC(C)CNC(=O)[C@@H](C)N(Cc1cccc(Cl)c1)C(=O)CCCN(c1ccccc1F)S(C)(=O)=O. The second kappa shape index (κ2) is 12.9. The summed E-state index contributed by atoms with van der Waals surface area (Å²) in [4.78, 5) is 27.4. The first kappa shape index (κ1) is 28.6. The van der Waals surface area contributed by atoms with Crippen molar-refractivity contribution in [1.82, 2.24) is 10.2 Å². The molecule has 2 amide bonds. The van der Waals surface area contributed by atoms with E-state index in [2.05, 4.69) is 5.32 Å². The molecule has 0 aliphatic rings. The molecule has 0 spiro atoms. The Morgan fingerprint density at radius 3 is 2.37 bits per heavy atom. The summed E-state index contributed by atoms with van der Waals surface area (Å²) in [7, 11) is -3.77. The third-order valence-electron chi connectivity index (χ3n) is 5.37. The molecule has 1 atom stereocenters. The molecule has 0 aliphatic heterocycles. The van der Waals surface area contributed by atoms with Crippen LogP contribution >= 0.6 is 11.6 Å². The van der Waals surface area contributed by atoms with E-state index in [1.807, 2.05) is 19.9 Å². The summed E-state index contributed by atoms with van der Waals surface area (Å²) in [5.74, 6) is -1.01. The minimum Gasteiger partial charge on any atom is -0.354 e. The Hall–Kier alpha value is -2.65. The van der Waals surface area contributed by atoms with Crippen LogP contribution in [-0.4, -0.2) is 50.5 Å². The minimum atomic E-state index is -3.77. The standard InChI is InChI=1S/C25H33ClFN3O4S/c1-18(2)16-28-25(32)19(3)29(17-20-9-7-10-21(26)15-20)24(31)13-8-14-30(35(4,33)34)23-12-6-5-11-22(23)27/h5-7,9-12,15,18-19H,8,13-14,16-17H2,1-4H3,(H,28,32)/t19-/m1/s1. The van der Waals surface area contributed by atoms with Crippen molar-refractivity contribution >= 4 is 39.1 Å². The quantitative estimate of drug-likeness (QED) is 0.449. The van der Waals surface area contributed by atoms with Gasteiger partial charge < -0.3 is 10.2 Å². The number of anilines is 1. The average Bonchev–Trinajstić information content (AvgIpc) is 2.78. The van der Waals surface area contributed by atoms with E-state index in [-0.39, 0.29) is 49.4 Å². The van der Waals surface area contributed by atoms with Gasteiger partial charge in [0.05, 0.1) is 11.9 Å². The maximum Gasteiger partial charge on any atom is 0.242 e. The van der Waals surface area contributed by atoms with Gasteiger partial charge in [-0.05, 0) is 49.1 Å². The normalized spacial score (nSPS) is 12.3. The Morgan fingerprint density at radius 2 is 1.77 bits per heavy atom. The van der Waals surface area contributed by atoms with Crippen molar-refractivity contribution < 1.29 is 22.4 Å². The fourth-order valence-electron chi connectivity index (χ4n) is 3.50. The lowest BCUT2D eigenvalue weighted by Crippen LogP contribution is -2.48. The predicted molar refractivity (Wildman–Crippen MR) is 137 cm³/mol. The monoisotopic (exact) mass is 525 g/mol. The van der Waals surface area contributed by atoms with Gasteiger partial charge in [-0.2, -0.15) is 0 Å². The van der Waals surface area contributed by atoms with Crippen molar-refractivity contribution in [3.8, 4) is 0 Å². The molecule has 2 aromatic rings. The van der Waals surface area contributed by atoms with Crippen molar-refractivity contribution in [2.24, 2.45) is 5.92 Å². The highest BCUT2D eigenvalue weighted by Crippen LogP contribution is 2.22. The zero-order valence-electron chi connectivity index (χ0n) is 20.5. The number of nitrogens with zero attached hydrogens (tertiary/aromatic N) is 2. The van der Waals surface area contributed by atoms with Crippen molar-refractivity contribution in [1.29, 1.82) is 0 Å². The Labute approximate surface area is 212 Å². The zero-order valence-corrected chi connectivity index (χ0v) is 22.1. The number of hydrogen-bond donors (Lipinski definition) is 1. The molecule has 192 valence electrons. The lowest BCUT2D eigenvalue weighted by atomic mass is 10.1. The molecule has 0 fully saturated rings. The molecule has 0 saturated carbocycles. The van der Waals surface area contributed by atoms with E-state index < -0.39 is 21.9 Å². The maximum atomic E-state index is 14.2. The van der Waals surface area contributed by atoms with Crippen LogP contribution in [0.1, 0.15) is 39.2 Å². The third-order valence-corrected chi connectivity index (χ3v) is 6.78. The summed E-state index contributed by atoms with van der Waals surface area (Å²) in [6.07, 6.45) is 1.11. The van der Waals surface area contributed by atoms with Crippen LogP contribution in [-0.2, 0) is 26.2 Å². The molecular weight excluding hydrogens is 493 g/mol. The Kier molecular flexibility index (Phi) is 10.5. The van der Waals surface area contributed by atoms with Gasteiger partial charge in [0.1, 0.15) is 11.9 Å². The van der Waals surface area contributed by atoms with Gasteiger partial charge >= 0.3 is 0 Å². The molecule has 2 rings (SSSR count). The van der Waals surface area contributed by atoms with Crippen LogP contribution in [0.2, 0.25) is 5.02 Å². The van der Waals surface area contributed by atoms with Gasteiger partial charge in [0, 0.05) is 31.1 Å². The lowest BCUT2D eigenvalue weighted by molar-refractivity contribution is -0.140. The summed E-state index contributed by atoms with van der Waals surface area (Å²) in [5.41, 5.74) is 0.693. The van der Waals surface area contributed by atoms with Crippen LogP contribution in [0.15, 0.2) is 48.5 Å². The van der Waals surface area contributed by atoms with Gasteiger partial charge in [-0.1, -0.05) is 49.7 Å². The number of amides is 2. The Balaban J connectivity index is 2.17. The van der Waals surface area contributed by atoms with Gasteiger partial charge in [0.15, 0.2) is 0 Å². The lowest BCUT2D eigenvalue weighted by Gasteiger charge is -2.29. The van der Waals surface area contributed by atoms with Crippen LogP contribution in [0.3, 0.4) is 0 Å². The minimum absolute atomic E-state index is 0.0250. The van der Waals surface area contributed by atoms with Crippen LogP contribution < -0.4 is 9.62 Å². The van der Waals surface area contributed by atoms with Gasteiger partial charge in [-0.15, -0.1) is 0 Å². The van der Waals surface area contributed by atoms with E-state index in [1.54, 1.807) is 31.2 Å². The highest BCUT2D eigenvalue weighted by atomic mass is 35.5. The second-order valence-corrected chi connectivity index (χ2v) is 11.2. The first-order chi connectivity index (χ1) is 16.4. The van der Waals surface area contributed by atoms with E-state index in [9.17, 15) is 22.4 Å². The number of benzene rings is 2. The summed E-state index contributed by atoms with van der Waals surface area (Å²) in [5, 5.41) is 3.36. The molecular formula is C25H33ClFN3O4S. The predicted octanol–water partition coefficient (Wildman–Crippen LogP) is 4.21. The van der Waals surface area contributed by atoms with E-state index in [0.29, 0.717) is 11.6 Å². The highest BCUT2D eigenvalue weighted by molar-refractivity contribution is 7.92. The topological polar surface area (TPSA) is 86.8 Å². The molecule has 0 heterocycles. The number of rotatable bonds is 12. The molecule has 2 aromatic carbocycles. The molecule has 10 heteroatoms. The smallest absolute Gasteiger partial charge is 0.242 e. The first-order valence-electron chi connectivity index (χ1n) is 11.4. The van der Waals surface area contributed by atoms with Crippen LogP contribution in [0.5, 0.6) is 0 Å². The molecule has 0 aromatic heterocycles. The fourth-order valence-corrected chi connectivity index (χ4v) is 4.68. The molecule has 1 N–H and O–H groups in total. The number of hydrogen-bond acceptors (Lipinski definition) is 4. The van der Waals surface area contributed by atoms with E-state index in [4.69, 9.17) is 11.6 Å². The van der Waals surface area contributed by atoms with Gasteiger partial charge in [-0.3, -0.25) is 13.9 Å². The van der Waals surface area contributed by atoms with E-state index >= 15 is 0 Å². The molecule has 0 radical (unpaired) electrons. The molecule has 7 nitrogen and oxygen atoms in total. The molecule has 0 bridgehead atoms. The Morgan fingerprint density at radius 1 is 1.09 bits per heavy atom. The van der Waals surface area contributed by atoms with Gasteiger partial charge in [0.25, 0.3) is 0 Å². The number of sulfonamides is 1. The number of halogens is 2. The van der Waals surface area contributed by atoms with Crippen LogP contribution in [0.4, 0.5) is 10.1 Å². The zero-order chi connectivity index (χ0) is 26.2. The first-order valence-corrected chi connectivity index (χ1v) is 13.7. The van der Waals surface area contributed by atoms with Crippen molar-refractivity contribution in [3.63, 3.8) is 0 Å². The number of nitrogens with one attached hydrogen (secondary N) is 1. The summed E-state index contributed by atoms with van der Waals surface area (Å²) >= 11 is 6.09. The number of carbonyl (C=O) groups is 2. The van der Waals surface area contributed by atoms with Crippen molar-refractivity contribution in [2.75, 3.05) is 23.7 Å². The van der Waals surface area contributed by atoms with Crippen molar-refractivity contribution in [3.05, 3.63) is 64.9 Å². The van der Waals surface area contributed by atoms with E-state index in [1.165, 1.54) is 23.1 Å². The highest BCUT2D eigenvalue weighted by Gasteiger charge is 2.27. The second-order valence-electron chi connectivity index (χ2n) is 8.86. The molecule has 0 unspecified atom stereocenters. The van der Waals surface area contributed by atoms with Crippen molar-refractivity contribution in [2.45, 2.75) is 46.2 Å². The van der Waals surface area contributed by atoms with Gasteiger partial charge in [-0.25, -0.2) is 12.8 Å². The number of para-hydroxylation sites is 1. The largest absolute Gasteiger partial charge is 0.354 e. The fraction of sp³-hybridized carbons (Fsp3) is 0.440. The summed E-state index contributed by atoms with van der Waals surface area (Å²) in [6, 6.07) is 11.9. The number of carbonyl (C=O) groups excluding carboxylic acids is 2. The maximum absolute atomic E-state index is 14.2. The van der Waals surface area contributed by atoms with Crippen LogP contribution in [0, 0.1) is 11.7 Å². The third kappa shape index (κ3) is 8.81. The Bertz CT molecular complexity index is 1130. The van der Waals surface area contributed by atoms with Gasteiger partial charge in [0.2, 0.25) is 21.8 Å². The summed E-state index contributed by atoms with van der Waals surface area (Å²) < 4.78 is 39.8.